The van der Waals surface area contributed by atoms with E-state index in [1.807, 2.05) is 59.2 Å². The number of benzene rings is 3. The number of rotatable bonds is 7. The summed E-state index contributed by atoms with van der Waals surface area (Å²) < 4.78 is 20.7. The lowest BCUT2D eigenvalue weighted by Gasteiger charge is -2.12. The van der Waals surface area contributed by atoms with E-state index in [0.717, 1.165) is 11.3 Å². The predicted molar refractivity (Wildman–Crippen MR) is 124 cm³/mol. The number of hydrogen-bond donors (Lipinski definition) is 1. The number of halogens is 2. The molecule has 3 aromatic carbocycles. The van der Waals surface area contributed by atoms with Crippen LogP contribution in [0, 0.1) is 5.82 Å². The summed E-state index contributed by atoms with van der Waals surface area (Å²) >= 11 is 7.02. The molecule has 0 atom stereocenters. The fourth-order valence-corrected chi connectivity index (χ4v) is 4.01. The van der Waals surface area contributed by atoms with Crippen molar-refractivity contribution < 1.29 is 13.9 Å². The van der Waals surface area contributed by atoms with Gasteiger partial charge in [-0.25, -0.2) is 4.39 Å². The third-order valence-electron chi connectivity index (χ3n) is 4.53. The van der Waals surface area contributed by atoms with E-state index in [2.05, 4.69) is 15.5 Å². The molecule has 1 heterocycles. The second-order valence-corrected chi connectivity index (χ2v) is 7.99. The minimum Gasteiger partial charge on any atom is -0.496 e. The topological polar surface area (TPSA) is 69.0 Å². The highest BCUT2D eigenvalue weighted by Crippen LogP contribution is 2.33. The third kappa shape index (κ3) is 4.76. The molecule has 0 radical (unpaired) electrons. The van der Waals surface area contributed by atoms with Crippen molar-refractivity contribution in [2.75, 3.05) is 18.2 Å². The zero-order valence-electron chi connectivity index (χ0n) is 17.0. The van der Waals surface area contributed by atoms with Crippen LogP contribution < -0.4 is 10.1 Å². The molecule has 9 heteroatoms. The Bertz CT molecular complexity index is 1250. The van der Waals surface area contributed by atoms with E-state index < -0.39 is 5.82 Å². The molecular weight excluding hydrogens is 451 g/mol. The number of methoxy groups -OCH3 is 1. The minimum atomic E-state index is -0.543. The van der Waals surface area contributed by atoms with Gasteiger partial charge in [0.05, 0.1) is 23.4 Å². The van der Waals surface area contributed by atoms with Gasteiger partial charge >= 0.3 is 0 Å². The van der Waals surface area contributed by atoms with Crippen LogP contribution in [0.1, 0.15) is 0 Å². The van der Waals surface area contributed by atoms with Crippen molar-refractivity contribution in [1.82, 2.24) is 14.8 Å². The van der Waals surface area contributed by atoms with Crippen LogP contribution in [0.4, 0.5) is 10.1 Å². The van der Waals surface area contributed by atoms with Gasteiger partial charge < -0.3 is 10.1 Å². The number of anilines is 1. The van der Waals surface area contributed by atoms with Crippen LogP contribution in [0.2, 0.25) is 5.02 Å². The average molecular weight is 469 g/mol. The van der Waals surface area contributed by atoms with Gasteiger partial charge in [-0.05, 0) is 42.5 Å². The van der Waals surface area contributed by atoms with Crippen LogP contribution in [0.5, 0.6) is 5.75 Å². The lowest BCUT2D eigenvalue weighted by molar-refractivity contribution is -0.113. The van der Waals surface area contributed by atoms with E-state index in [1.165, 1.54) is 30.0 Å². The SMILES string of the molecule is COc1ccccc1-c1nnc(SCC(=O)Nc2ccc(F)c(Cl)c2)n1-c1ccccc1. The van der Waals surface area contributed by atoms with Gasteiger partial charge in [0.1, 0.15) is 11.6 Å². The Morgan fingerprint density at radius 2 is 1.84 bits per heavy atom. The average Bonchev–Trinajstić information content (AvgIpc) is 3.24. The molecule has 0 saturated carbocycles. The molecule has 32 heavy (non-hydrogen) atoms. The van der Waals surface area contributed by atoms with Crippen molar-refractivity contribution in [2.45, 2.75) is 5.16 Å². The lowest BCUT2D eigenvalue weighted by atomic mass is 10.2. The summed E-state index contributed by atoms with van der Waals surface area (Å²) in [4.78, 5) is 12.5. The van der Waals surface area contributed by atoms with Crippen LogP contribution in [-0.2, 0) is 4.79 Å². The highest BCUT2D eigenvalue weighted by Gasteiger charge is 2.19. The number of nitrogens with one attached hydrogen (secondary N) is 1. The number of ether oxygens (including phenoxy) is 1. The van der Waals surface area contributed by atoms with Gasteiger partial charge in [0.25, 0.3) is 0 Å². The van der Waals surface area contributed by atoms with Crippen molar-refractivity contribution in [3.63, 3.8) is 0 Å². The van der Waals surface area contributed by atoms with Crippen LogP contribution in [0.25, 0.3) is 17.1 Å². The Morgan fingerprint density at radius 3 is 2.59 bits per heavy atom. The zero-order valence-corrected chi connectivity index (χ0v) is 18.5. The molecule has 1 amide bonds. The largest absolute Gasteiger partial charge is 0.496 e. The Kier molecular flexibility index (Phi) is 6.72. The molecule has 0 fully saturated rings. The molecular formula is C23H18ClFN4O2S. The fourth-order valence-electron chi connectivity index (χ4n) is 3.08. The molecule has 6 nitrogen and oxygen atoms in total. The van der Waals surface area contributed by atoms with E-state index >= 15 is 0 Å². The monoisotopic (exact) mass is 468 g/mol. The van der Waals surface area contributed by atoms with Crippen LogP contribution >= 0.6 is 23.4 Å². The lowest BCUT2D eigenvalue weighted by Crippen LogP contribution is -2.14. The second kappa shape index (κ2) is 9.84. The van der Waals surface area contributed by atoms with Crippen molar-refractivity contribution in [3.05, 3.63) is 83.6 Å². The van der Waals surface area contributed by atoms with Gasteiger partial charge in [-0.2, -0.15) is 0 Å². The first-order valence-corrected chi connectivity index (χ1v) is 10.9. The zero-order chi connectivity index (χ0) is 22.5. The number of aromatic nitrogens is 3. The summed E-state index contributed by atoms with van der Waals surface area (Å²) in [6.45, 7) is 0. The number of carbonyl (C=O) groups excluding carboxylic acids is 1. The van der Waals surface area contributed by atoms with E-state index in [-0.39, 0.29) is 16.7 Å². The summed E-state index contributed by atoms with van der Waals surface area (Å²) in [7, 11) is 1.60. The maximum Gasteiger partial charge on any atom is 0.234 e. The number of para-hydroxylation sites is 2. The molecule has 0 aliphatic carbocycles. The van der Waals surface area contributed by atoms with E-state index in [0.29, 0.717) is 22.4 Å². The molecule has 1 aromatic heterocycles. The first kappa shape index (κ1) is 21.9. The van der Waals surface area contributed by atoms with Gasteiger partial charge in [0.2, 0.25) is 5.91 Å². The predicted octanol–water partition coefficient (Wildman–Crippen LogP) is 5.47. The smallest absolute Gasteiger partial charge is 0.234 e. The Morgan fingerprint density at radius 1 is 1.09 bits per heavy atom. The van der Waals surface area contributed by atoms with Crippen molar-refractivity contribution in [2.24, 2.45) is 0 Å². The number of hydrogen-bond acceptors (Lipinski definition) is 5. The highest BCUT2D eigenvalue weighted by atomic mass is 35.5. The third-order valence-corrected chi connectivity index (χ3v) is 5.75. The van der Waals surface area contributed by atoms with Crippen molar-refractivity contribution in [3.8, 4) is 22.8 Å². The van der Waals surface area contributed by atoms with E-state index in [1.54, 1.807) is 7.11 Å². The Hall–Kier alpha value is -3.36. The molecule has 4 rings (SSSR count). The van der Waals surface area contributed by atoms with Crippen LogP contribution in [0.3, 0.4) is 0 Å². The summed E-state index contributed by atoms with van der Waals surface area (Å²) in [5, 5.41) is 11.9. The van der Waals surface area contributed by atoms with E-state index in [4.69, 9.17) is 16.3 Å². The van der Waals surface area contributed by atoms with E-state index in [9.17, 15) is 9.18 Å². The molecule has 0 bridgehead atoms. The highest BCUT2D eigenvalue weighted by molar-refractivity contribution is 7.99. The fraction of sp³-hybridized carbons (Fsp3) is 0.0870. The number of carbonyl (C=O) groups is 1. The Balaban J connectivity index is 1.61. The number of nitrogens with zero attached hydrogens (tertiary/aromatic N) is 3. The molecule has 0 unspecified atom stereocenters. The first-order chi connectivity index (χ1) is 15.6. The molecule has 0 saturated heterocycles. The van der Waals surface area contributed by atoms with Crippen LogP contribution in [0.15, 0.2) is 78.0 Å². The molecule has 162 valence electrons. The normalized spacial score (nSPS) is 10.7. The summed E-state index contributed by atoms with van der Waals surface area (Å²) in [5.41, 5.74) is 2.05. The van der Waals surface area contributed by atoms with Gasteiger partial charge in [0, 0.05) is 11.4 Å². The number of amides is 1. The first-order valence-electron chi connectivity index (χ1n) is 9.58. The molecule has 0 spiro atoms. The maximum absolute atomic E-state index is 13.3. The van der Waals surface area contributed by atoms with Gasteiger partial charge in [0.15, 0.2) is 11.0 Å². The Labute approximate surface area is 193 Å². The van der Waals surface area contributed by atoms with Gasteiger partial charge in [-0.15, -0.1) is 10.2 Å². The maximum atomic E-state index is 13.3. The summed E-state index contributed by atoms with van der Waals surface area (Å²) in [6.07, 6.45) is 0. The second-order valence-electron chi connectivity index (χ2n) is 6.64. The molecule has 0 aliphatic rings. The molecule has 4 aromatic rings. The standard InChI is InChI=1S/C23H18ClFN4O2S/c1-31-20-10-6-5-9-17(20)22-27-28-23(29(22)16-7-3-2-4-8-16)32-14-21(30)26-15-11-12-19(25)18(24)13-15/h2-13H,14H2,1H3,(H,26,30). The quantitative estimate of drug-likeness (QED) is 0.364. The molecule has 1 N–H and O–H groups in total. The summed E-state index contributed by atoms with van der Waals surface area (Å²) in [6, 6.07) is 21.2. The van der Waals surface area contributed by atoms with Crippen molar-refractivity contribution in [1.29, 1.82) is 0 Å². The van der Waals surface area contributed by atoms with Gasteiger partial charge in [-0.3, -0.25) is 9.36 Å². The van der Waals surface area contributed by atoms with Gasteiger partial charge in [-0.1, -0.05) is 53.7 Å². The van der Waals surface area contributed by atoms with Crippen molar-refractivity contribution >= 4 is 35.0 Å². The molecule has 0 aliphatic heterocycles. The number of thioether (sulfide) groups is 1. The van der Waals surface area contributed by atoms with Crippen LogP contribution in [-0.4, -0.2) is 33.5 Å². The minimum absolute atomic E-state index is 0.0549. The summed E-state index contributed by atoms with van der Waals surface area (Å²) in [5.74, 6) is 0.519.